The Hall–Kier alpha value is -0.370. The second-order valence-corrected chi connectivity index (χ2v) is 2.93. The van der Waals surface area contributed by atoms with Crippen LogP contribution in [-0.4, -0.2) is 0 Å². The second-order valence-electron chi connectivity index (χ2n) is 2.79. The van der Waals surface area contributed by atoms with Crippen molar-refractivity contribution in [3.05, 3.63) is 17.1 Å². The Morgan fingerprint density at radius 3 is 1.80 bits per heavy atom. The van der Waals surface area contributed by atoms with Gasteiger partial charge in [-0.1, -0.05) is 12.2 Å². The highest BCUT2D eigenvalue weighted by molar-refractivity contribution is 6.14. The van der Waals surface area contributed by atoms with E-state index in [2.05, 4.69) is 23.9 Å². The number of fused-ring (bicyclic) bond motifs is 2. The minimum absolute atomic E-state index is 0.991. The molecule has 0 spiro atoms. The Labute approximate surface area is 65.3 Å². The maximum Gasteiger partial charge on any atom is 0.0835 e. The predicted octanol–water partition coefficient (Wildman–Crippen LogP) is 2.88. The van der Waals surface area contributed by atoms with E-state index in [-0.39, 0.29) is 0 Å². The fourth-order valence-corrected chi connectivity index (χ4v) is 1.72. The van der Waals surface area contributed by atoms with Crippen molar-refractivity contribution in [3.8, 4) is 0 Å². The third kappa shape index (κ3) is 1.81. The molecule has 0 aromatic rings. The molecule has 1 fully saturated rings. The van der Waals surface area contributed by atoms with Crippen molar-refractivity contribution in [2.75, 3.05) is 0 Å². The van der Waals surface area contributed by atoms with Crippen molar-refractivity contribution >= 4 is 11.8 Å². The van der Waals surface area contributed by atoms with Gasteiger partial charge < -0.3 is 0 Å². The fraction of sp³-hybridized carbons (Fsp3) is 0.714. The zero-order valence-corrected chi connectivity index (χ0v) is 6.42. The smallest absolute Gasteiger partial charge is 0.0835 e. The number of rotatable bonds is 0. The highest BCUT2D eigenvalue weighted by Crippen LogP contribution is 2.38. The van der Waals surface area contributed by atoms with Gasteiger partial charge in [0.15, 0.2) is 0 Å². The highest BCUT2D eigenvalue weighted by Gasteiger charge is 2.25. The Balaban J connectivity index is 0.000000148. The SMILES string of the molecule is C1=CC2CCC1C2.O=NCl. The average molecular weight is 160 g/mol. The van der Waals surface area contributed by atoms with E-state index in [1.807, 2.05) is 0 Å². The van der Waals surface area contributed by atoms with Gasteiger partial charge in [0, 0.05) is 4.70 Å². The van der Waals surface area contributed by atoms with Gasteiger partial charge in [0.25, 0.3) is 0 Å². The lowest BCUT2D eigenvalue weighted by molar-refractivity contribution is 0.691. The van der Waals surface area contributed by atoms with Gasteiger partial charge in [-0.25, -0.2) is 0 Å². The third-order valence-electron chi connectivity index (χ3n) is 2.17. The lowest BCUT2D eigenvalue weighted by Gasteiger charge is -1.96. The molecule has 1 saturated carbocycles. The van der Waals surface area contributed by atoms with Gasteiger partial charge in [-0.3, -0.25) is 0 Å². The quantitative estimate of drug-likeness (QED) is 0.395. The minimum atomic E-state index is 0.991. The van der Waals surface area contributed by atoms with Crippen LogP contribution in [0.15, 0.2) is 16.8 Å². The first-order valence-electron chi connectivity index (χ1n) is 3.48. The molecular weight excluding hydrogens is 150 g/mol. The number of nitrogens with zero attached hydrogens (tertiary/aromatic N) is 1. The number of halogens is 1. The van der Waals surface area contributed by atoms with E-state index >= 15 is 0 Å². The van der Waals surface area contributed by atoms with E-state index in [0.29, 0.717) is 0 Å². The molecule has 0 N–H and O–H groups in total. The molecule has 2 unspecified atom stereocenters. The van der Waals surface area contributed by atoms with E-state index < -0.39 is 0 Å². The summed E-state index contributed by atoms with van der Waals surface area (Å²) in [7, 11) is 0. The largest absolute Gasteiger partial charge is 0.131 e. The molecule has 2 rings (SSSR count). The highest BCUT2D eigenvalue weighted by atomic mass is 35.5. The van der Waals surface area contributed by atoms with Crippen LogP contribution in [0.4, 0.5) is 0 Å². The van der Waals surface area contributed by atoms with E-state index in [4.69, 9.17) is 4.91 Å². The van der Waals surface area contributed by atoms with Crippen molar-refractivity contribution < 1.29 is 0 Å². The summed E-state index contributed by atoms with van der Waals surface area (Å²) < 4.78 is 1.72. The summed E-state index contributed by atoms with van der Waals surface area (Å²) in [6, 6.07) is 0. The standard InChI is InChI=1S/C7H10.ClNO/c1-2-7-4-3-6(1)5-7;1-2-3/h1-2,6-7H,3-5H2;. The van der Waals surface area contributed by atoms with Gasteiger partial charge in [0.05, 0.1) is 11.8 Å². The van der Waals surface area contributed by atoms with Gasteiger partial charge in [0.1, 0.15) is 0 Å². The fourth-order valence-electron chi connectivity index (χ4n) is 1.72. The van der Waals surface area contributed by atoms with Crippen molar-refractivity contribution in [1.29, 1.82) is 0 Å². The molecule has 0 radical (unpaired) electrons. The lowest BCUT2D eigenvalue weighted by atomic mass is 10.1. The molecule has 2 aliphatic rings. The number of hydrogen-bond donors (Lipinski definition) is 0. The summed E-state index contributed by atoms with van der Waals surface area (Å²) in [6.45, 7) is 0. The molecule has 2 aliphatic carbocycles. The summed E-state index contributed by atoms with van der Waals surface area (Å²) in [6.07, 6.45) is 9.19. The van der Waals surface area contributed by atoms with Crippen LogP contribution in [0.1, 0.15) is 19.3 Å². The molecule has 0 amide bonds. The Bertz CT molecular complexity index is 135. The average Bonchev–Trinajstić information content (AvgIpc) is 2.49. The molecular formula is C7H10ClNO. The van der Waals surface area contributed by atoms with Crippen molar-refractivity contribution in [3.63, 3.8) is 0 Å². The molecule has 0 heterocycles. The topological polar surface area (TPSA) is 29.4 Å². The predicted molar refractivity (Wildman–Crippen MR) is 41.6 cm³/mol. The second kappa shape index (κ2) is 3.71. The van der Waals surface area contributed by atoms with Gasteiger partial charge >= 0.3 is 0 Å². The van der Waals surface area contributed by atoms with Gasteiger partial charge in [-0.05, 0) is 31.1 Å². The van der Waals surface area contributed by atoms with E-state index in [9.17, 15) is 0 Å². The molecule has 3 heteroatoms. The lowest BCUT2D eigenvalue weighted by Crippen LogP contribution is -1.82. The summed E-state index contributed by atoms with van der Waals surface area (Å²) >= 11 is 4.07. The Kier molecular flexibility index (Phi) is 2.87. The number of allylic oxidation sites excluding steroid dienone is 2. The monoisotopic (exact) mass is 159 g/mol. The van der Waals surface area contributed by atoms with Crippen LogP contribution in [0, 0.1) is 16.7 Å². The van der Waals surface area contributed by atoms with E-state index in [1.165, 1.54) is 19.3 Å². The Morgan fingerprint density at radius 1 is 1.30 bits per heavy atom. The van der Waals surface area contributed by atoms with Gasteiger partial charge in [-0.2, -0.15) is 0 Å². The minimum Gasteiger partial charge on any atom is -0.131 e. The van der Waals surface area contributed by atoms with Crippen molar-refractivity contribution in [2.45, 2.75) is 19.3 Å². The molecule has 0 aliphatic heterocycles. The normalized spacial score (nSPS) is 33.3. The van der Waals surface area contributed by atoms with Crippen LogP contribution in [-0.2, 0) is 0 Å². The third-order valence-corrected chi connectivity index (χ3v) is 2.17. The summed E-state index contributed by atoms with van der Waals surface area (Å²) in [5.74, 6) is 1.98. The van der Waals surface area contributed by atoms with Crippen molar-refractivity contribution in [2.24, 2.45) is 16.5 Å². The zero-order valence-electron chi connectivity index (χ0n) is 5.66. The molecule has 10 heavy (non-hydrogen) atoms. The first-order chi connectivity index (χ1) is 4.86. The maximum absolute atomic E-state index is 8.32. The van der Waals surface area contributed by atoms with Crippen LogP contribution in [0.3, 0.4) is 0 Å². The molecule has 0 aromatic heterocycles. The molecule has 0 aromatic carbocycles. The summed E-state index contributed by atoms with van der Waals surface area (Å²) in [5.41, 5.74) is 0. The number of hydrogen-bond acceptors (Lipinski definition) is 2. The Morgan fingerprint density at radius 2 is 1.70 bits per heavy atom. The van der Waals surface area contributed by atoms with Crippen LogP contribution >= 0.6 is 11.8 Å². The maximum atomic E-state index is 8.32. The molecule has 56 valence electrons. The van der Waals surface area contributed by atoms with E-state index in [0.717, 1.165) is 11.8 Å². The van der Waals surface area contributed by atoms with Gasteiger partial charge in [0.2, 0.25) is 0 Å². The summed E-state index contributed by atoms with van der Waals surface area (Å²) in [4.78, 5) is 8.32. The first-order valence-corrected chi connectivity index (χ1v) is 3.82. The van der Waals surface area contributed by atoms with E-state index in [1.54, 1.807) is 4.70 Å². The molecule has 0 saturated heterocycles. The number of nitroso groups, excluding NO2 is 1. The zero-order chi connectivity index (χ0) is 7.40. The van der Waals surface area contributed by atoms with Crippen LogP contribution in [0.25, 0.3) is 0 Å². The van der Waals surface area contributed by atoms with Crippen LogP contribution in [0.5, 0.6) is 0 Å². The van der Waals surface area contributed by atoms with Crippen molar-refractivity contribution in [1.82, 2.24) is 0 Å². The molecule has 2 nitrogen and oxygen atoms in total. The molecule has 2 bridgehead atoms. The van der Waals surface area contributed by atoms with Crippen LogP contribution in [0.2, 0.25) is 0 Å². The molecule has 2 atom stereocenters. The van der Waals surface area contributed by atoms with Crippen LogP contribution < -0.4 is 0 Å². The summed E-state index contributed by atoms with van der Waals surface area (Å²) in [5, 5.41) is 0. The first kappa shape index (κ1) is 7.73. The van der Waals surface area contributed by atoms with Gasteiger partial charge in [-0.15, -0.1) is 4.91 Å².